The van der Waals surface area contributed by atoms with E-state index in [1.165, 1.54) is 0 Å². The highest BCUT2D eigenvalue weighted by Crippen LogP contribution is 2.31. The van der Waals surface area contributed by atoms with Gasteiger partial charge >= 0.3 is 6.09 Å². The van der Waals surface area contributed by atoms with Crippen LogP contribution < -0.4 is 26.0 Å². The van der Waals surface area contributed by atoms with Crippen LogP contribution in [-0.4, -0.2) is 65.1 Å². The number of alkyl carbamates (subject to hydrolysis) is 1. The van der Waals surface area contributed by atoms with Gasteiger partial charge in [-0.2, -0.15) is 0 Å². The second-order valence-electron chi connectivity index (χ2n) is 14.7. The Hall–Kier alpha value is -5.23. The summed E-state index contributed by atoms with van der Waals surface area (Å²) in [6.45, 7) is 8.11. The normalized spacial score (nSPS) is 17.3. The van der Waals surface area contributed by atoms with Crippen molar-refractivity contribution in [1.29, 1.82) is 0 Å². The maximum absolute atomic E-state index is 14.3. The predicted molar refractivity (Wildman–Crippen MR) is 206 cm³/mol. The fourth-order valence-electron chi connectivity index (χ4n) is 6.64. The average molecular weight is 737 g/mol. The average Bonchev–Trinajstić information content (AvgIpc) is 3.47. The highest BCUT2D eigenvalue weighted by atomic mass is 16.5. The minimum Gasteiger partial charge on any atom is -0.494 e. The number of hydrogen-bond donors (Lipinski definition) is 6. The Balaban J connectivity index is 1.40. The van der Waals surface area contributed by atoms with E-state index in [1.807, 2.05) is 137 Å². The van der Waals surface area contributed by atoms with Gasteiger partial charge in [-0.05, 0) is 58.7 Å². The van der Waals surface area contributed by atoms with Crippen LogP contribution in [0.25, 0.3) is 0 Å². The van der Waals surface area contributed by atoms with Gasteiger partial charge in [-0.1, -0.05) is 118 Å². The van der Waals surface area contributed by atoms with Crippen molar-refractivity contribution >= 4 is 17.9 Å². The molecule has 1 aliphatic rings. The van der Waals surface area contributed by atoms with E-state index in [4.69, 9.17) is 9.47 Å². The van der Waals surface area contributed by atoms with E-state index >= 15 is 0 Å². The Bertz CT molecular complexity index is 1820. The molecule has 0 heterocycles. The Morgan fingerprint density at radius 2 is 1.43 bits per heavy atom. The first-order chi connectivity index (χ1) is 25.9. The summed E-state index contributed by atoms with van der Waals surface area (Å²) in [6, 6.07) is 29.5. The van der Waals surface area contributed by atoms with Gasteiger partial charge in [0.1, 0.15) is 24.4 Å². The lowest BCUT2D eigenvalue weighted by molar-refractivity contribution is -0.131. The summed E-state index contributed by atoms with van der Waals surface area (Å²) in [4.78, 5) is 41.4. The molecule has 0 spiro atoms. The second-order valence-corrected chi connectivity index (χ2v) is 14.7. The molecule has 286 valence electrons. The zero-order valence-electron chi connectivity index (χ0n) is 31.3. The maximum atomic E-state index is 14.3. The molecular formula is C43H52N4O7. The second kappa shape index (κ2) is 18.7. The lowest BCUT2D eigenvalue weighted by Crippen LogP contribution is -2.62. The van der Waals surface area contributed by atoms with Gasteiger partial charge in [0.25, 0.3) is 0 Å². The molecule has 11 nitrogen and oxygen atoms in total. The first-order valence-electron chi connectivity index (χ1n) is 18.4. The molecule has 0 radical (unpaired) electrons. The quantitative estimate of drug-likeness (QED) is 0.0963. The molecule has 6 N–H and O–H groups in total. The van der Waals surface area contributed by atoms with Crippen molar-refractivity contribution in [3.8, 4) is 5.75 Å². The number of fused-ring (bicyclic) bond motifs is 1. The molecule has 5 unspecified atom stereocenters. The summed E-state index contributed by atoms with van der Waals surface area (Å²) in [5, 5.41) is 35.1. The molecule has 0 bridgehead atoms. The lowest BCUT2D eigenvalue weighted by atomic mass is 9.85. The molecule has 3 amide bonds. The topological polar surface area (TPSA) is 158 Å². The fourth-order valence-corrected chi connectivity index (χ4v) is 6.64. The van der Waals surface area contributed by atoms with Crippen molar-refractivity contribution in [3.05, 3.63) is 137 Å². The van der Waals surface area contributed by atoms with Gasteiger partial charge in [-0.15, -0.1) is 0 Å². The Labute approximate surface area is 317 Å². The Morgan fingerprint density at radius 1 is 0.796 bits per heavy atom. The minimum absolute atomic E-state index is 0.0253. The molecule has 5 rings (SSSR count). The van der Waals surface area contributed by atoms with Crippen LogP contribution in [0.1, 0.15) is 61.6 Å². The van der Waals surface area contributed by atoms with Gasteiger partial charge in [0.2, 0.25) is 11.8 Å². The van der Waals surface area contributed by atoms with Crippen LogP contribution in [0.2, 0.25) is 0 Å². The van der Waals surface area contributed by atoms with Crippen molar-refractivity contribution in [3.63, 3.8) is 0 Å². The molecule has 0 aromatic heterocycles. The van der Waals surface area contributed by atoms with Crippen LogP contribution in [0.4, 0.5) is 4.79 Å². The third kappa shape index (κ3) is 10.9. The van der Waals surface area contributed by atoms with Crippen LogP contribution in [0.3, 0.4) is 0 Å². The van der Waals surface area contributed by atoms with E-state index in [-0.39, 0.29) is 19.6 Å². The zero-order chi connectivity index (χ0) is 38.7. The monoisotopic (exact) mass is 736 g/mol. The largest absolute Gasteiger partial charge is 0.494 e. The Morgan fingerprint density at radius 3 is 2.07 bits per heavy atom. The molecule has 4 aromatic rings. The molecule has 0 aliphatic heterocycles. The smallest absolute Gasteiger partial charge is 0.408 e. The molecule has 54 heavy (non-hydrogen) atoms. The molecule has 4 aromatic carbocycles. The van der Waals surface area contributed by atoms with E-state index in [0.717, 1.165) is 27.8 Å². The number of hydrogen-bond acceptors (Lipinski definition) is 8. The van der Waals surface area contributed by atoms with Gasteiger partial charge < -0.3 is 35.6 Å². The third-order valence-corrected chi connectivity index (χ3v) is 9.53. The third-order valence-electron chi connectivity index (χ3n) is 9.53. The van der Waals surface area contributed by atoms with Crippen molar-refractivity contribution < 1.29 is 34.1 Å². The summed E-state index contributed by atoms with van der Waals surface area (Å²) in [5.74, 6) is -0.387. The van der Waals surface area contributed by atoms with E-state index < -0.39 is 59.7 Å². The number of nitrogens with one attached hydrogen (secondary N) is 4. The fraction of sp³-hybridized carbons (Fsp3) is 0.372. The van der Waals surface area contributed by atoms with Gasteiger partial charge in [0.05, 0.1) is 30.9 Å². The van der Waals surface area contributed by atoms with E-state index in [9.17, 15) is 24.6 Å². The number of benzene rings is 4. The van der Waals surface area contributed by atoms with Gasteiger partial charge in [0, 0.05) is 13.0 Å². The van der Waals surface area contributed by atoms with Crippen molar-refractivity contribution in [1.82, 2.24) is 21.3 Å². The summed E-state index contributed by atoms with van der Waals surface area (Å²) in [7, 11) is 0. The number of amides is 3. The molecular weight excluding hydrogens is 684 g/mol. The molecule has 6 atom stereocenters. The highest BCUT2D eigenvalue weighted by Gasteiger charge is 2.40. The molecule has 1 aliphatic carbocycles. The van der Waals surface area contributed by atoms with Crippen LogP contribution in [0.5, 0.6) is 5.75 Å². The lowest BCUT2D eigenvalue weighted by Gasteiger charge is -2.35. The molecule has 0 saturated heterocycles. The summed E-state index contributed by atoms with van der Waals surface area (Å²) in [6.07, 6.45) is -2.52. The van der Waals surface area contributed by atoms with Crippen LogP contribution in [-0.2, 0) is 40.3 Å². The zero-order valence-corrected chi connectivity index (χ0v) is 31.3. The molecule has 11 heteroatoms. The summed E-state index contributed by atoms with van der Waals surface area (Å²) in [5.41, 5.74) is 3.44. The van der Waals surface area contributed by atoms with Crippen molar-refractivity contribution in [2.24, 2.45) is 5.41 Å². The number of ether oxygens (including phenoxy) is 2. The number of rotatable bonds is 16. The molecule has 0 fully saturated rings. The summed E-state index contributed by atoms with van der Waals surface area (Å²) < 4.78 is 11.0. The first-order valence-corrected chi connectivity index (χ1v) is 18.4. The van der Waals surface area contributed by atoms with Crippen LogP contribution in [0.15, 0.2) is 109 Å². The predicted octanol–water partition coefficient (Wildman–Crippen LogP) is 4.75. The van der Waals surface area contributed by atoms with Gasteiger partial charge in [0.15, 0.2) is 0 Å². The van der Waals surface area contributed by atoms with E-state index in [1.54, 1.807) is 0 Å². The van der Waals surface area contributed by atoms with Crippen LogP contribution >= 0.6 is 0 Å². The van der Waals surface area contributed by atoms with Gasteiger partial charge in [-0.25, -0.2) is 4.79 Å². The minimum atomic E-state index is -1.46. The SMILES string of the molecule is CCOc1ccc(CNC(C(=O)NC2c3ccccc3CC2O)C(O)C(Cc2ccccc2)NC(=O)[C@@H](NC(=O)OCc2ccccc2)C(C)(C)C)cc1. The number of aliphatic hydroxyl groups excluding tert-OH is 2. The number of carbonyl (C=O) groups is 3. The highest BCUT2D eigenvalue weighted by molar-refractivity contribution is 5.87. The van der Waals surface area contributed by atoms with Crippen LogP contribution in [0, 0.1) is 5.41 Å². The summed E-state index contributed by atoms with van der Waals surface area (Å²) >= 11 is 0. The van der Waals surface area contributed by atoms with E-state index in [0.29, 0.717) is 18.8 Å². The van der Waals surface area contributed by atoms with Crippen molar-refractivity contribution in [2.75, 3.05) is 6.61 Å². The maximum Gasteiger partial charge on any atom is 0.408 e. The Kier molecular flexibility index (Phi) is 13.8. The van der Waals surface area contributed by atoms with Crippen molar-refractivity contribution in [2.45, 2.75) is 90.1 Å². The number of carbonyl (C=O) groups excluding carboxylic acids is 3. The molecule has 0 saturated carbocycles. The van der Waals surface area contributed by atoms with Gasteiger partial charge in [-0.3, -0.25) is 14.9 Å². The first kappa shape index (κ1) is 40.0. The standard InChI is InChI=1S/C43H52N4O7/c1-5-53-32-22-20-29(21-23-32)26-44-37(40(50)46-36-33-19-13-12-18-31(33)25-35(36)48)38(49)34(24-28-14-8-6-9-15-28)45-41(51)39(43(2,3)4)47-42(52)54-27-30-16-10-7-11-17-30/h6-23,34-39,44,48-49H,5,24-27H2,1-4H3,(H,45,51)(H,46,50)(H,47,52)/t34?,35?,36?,37?,38?,39-/m1/s1. The number of aliphatic hydroxyl groups is 2. The van der Waals surface area contributed by atoms with E-state index in [2.05, 4.69) is 21.3 Å².